The van der Waals surface area contributed by atoms with Crippen LogP contribution in [-0.4, -0.2) is 15.9 Å². The van der Waals surface area contributed by atoms with Crippen LogP contribution in [0.4, 0.5) is 21.6 Å². The highest BCUT2D eigenvalue weighted by Gasteiger charge is 2.08. The number of nitrogens with one attached hydrogen (secondary N) is 2. The van der Waals surface area contributed by atoms with Gasteiger partial charge in [-0.3, -0.25) is 4.79 Å². The number of carbonyl (C=O) groups is 1. The molecule has 0 aliphatic rings. The number of benzene rings is 4. The van der Waals surface area contributed by atoms with Gasteiger partial charge < -0.3 is 20.1 Å². The Bertz CT molecular complexity index is 1680. The molecular formula is C32H24ClFN4O3. The number of aromatic nitrogens is 2. The third-order valence-electron chi connectivity index (χ3n) is 5.68. The number of ether oxygens (including phenoxy) is 2. The van der Waals surface area contributed by atoms with Crippen molar-refractivity contribution >= 4 is 40.8 Å². The smallest absolute Gasteiger partial charge is 0.248 e. The van der Waals surface area contributed by atoms with Gasteiger partial charge in [0.05, 0.1) is 5.02 Å². The van der Waals surface area contributed by atoms with Crippen molar-refractivity contribution in [1.82, 2.24) is 9.97 Å². The summed E-state index contributed by atoms with van der Waals surface area (Å²) in [7, 11) is 0. The van der Waals surface area contributed by atoms with Crippen molar-refractivity contribution in [1.29, 1.82) is 0 Å². The molecule has 7 nitrogen and oxygen atoms in total. The quantitative estimate of drug-likeness (QED) is 0.166. The first-order valence-electron chi connectivity index (χ1n) is 12.6. The largest absolute Gasteiger partial charge is 0.487 e. The molecule has 0 radical (unpaired) electrons. The lowest BCUT2D eigenvalue weighted by molar-refractivity contribution is -0.111. The van der Waals surface area contributed by atoms with Crippen molar-refractivity contribution in [3.05, 3.63) is 137 Å². The molecule has 0 aliphatic heterocycles. The molecule has 0 atom stereocenters. The van der Waals surface area contributed by atoms with Crippen LogP contribution in [0.15, 0.2) is 116 Å². The highest BCUT2D eigenvalue weighted by Crippen LogP contribution is 2.30. The molecule has 0 spiro atoms. The lowest BCUT2D eigenvalue weighted by atomic mass is 10.2. The fourth-order valence-corrected chi connectivity index (χ4v) is 4.01. The van der Waals surface area contributed by atoms with Gasteiger partial charge in [0.25, 0.3) is 0 Å². The van der Waals surface area contributed by atoms with E-state index in [4.69, 9.17) is 21.1 Å². The molecule has 0 bridgehead atoms. The molecule has 5 rings (SSSR count). The number of amides is 1. The molecule has 41 heavy (non-hydrogen) atoms. The molecule has 5 aromatic rings. The second kappa shape index (κ2) is 13.2. The van der Waals surface area contributed by atoms with E-state index < -0.39 is 0 Å². The highest BCUT2D eigenvalue weighted by molar-refractivity contribution is 6.32. The molecule has 0 saturated heterocycles. The van der Waals surface area contributed by atoms with Crippen molar-refractivity contribution in [2.75, 3.05) is 10.6 Å². The van der Waals surface area contributed by atoms with Crippen molar-refractivity contribution < 1.29 is 18.7 Å². The van der Waals surface area contributed by atoms with Crippen molar-refractivity contribution in [3.8, 4) is 17.4 Å². The summed E-state index contributed by atoms with van der Waals surface area (Å²) >= 11 is 6.40. The van der Waals surface area contributed by atoms with Crippen LogP contribution in [0.25, 0.3) is 6.08 Å². The Morgan fingerprint density at radius 2 is 1.73 bits per heavy atom. The van der Waals surface area contributed by atoms with Crippen LogP contribution in [0, 0.1) is 5.82 Å². The molecule has 0 saturated carbocycles. The van der Waals surface area contributed by atoms with Gasteiger partial charge in [-0.2, -0.15) is 0 Å². The van der Waals surface area contributed by atoms with E-state index in [0.717, 1.165) is 5.56 Å². The van der Waals surface area contributed by atoms with Gasteiger partial charge in [0, 0.05) is 29.6 Å². The van der Waals surface area contributed by atoms with Gasteiger partial charge >= 0.3 is 0 Å². The summed E-state index contributed by atoms with van der Waals surface area (Å²) < 4.78 is 25.0. The van der Waals surface area contributed by atoms with Crippen molar-refractivity contribution in [2.45, 2.75) is 6.61 Å². The molecule has 0 unspecified atom stereocenters. The van der Waals surface area contributed by atoms with E-state index in [1.807, 2.05) is 30.3 Å². The molecule has 1 aromatic heterocycles. The Labute approximate surface area is 241 Å². The molecule has 9 heteroatoms. The Balaban J connectivity index is 1.18. The molecule has 1 amide bonds. The zero-order valence-corrected chi connectivity index (χ0v) is 22.4. The highest BCUT2D eigenvalue weighted by atomic mass is 35.5. The third-order valence-corrected chi connectivity index (χ3v) is 5.98. The summed E-state index contributed by atoms with van der Waals surface area (Å²) in [5.74, 6) is 1.16. The number of hydrogen-bond donors (Lipinski definition) is 2. The van der Waals surface area contributed by atoms with E-state index in [1.165, 1.54) is 24.5 Å². The zero-order chi connectivity index (χ0) is 28.4. The van der Waals surface area contributed by atoms with Crippen LogP contribution in [0.1, 0.15) is 11.1 Å². The summed E-state index contributed by atoms with van der Waals surface area (Å²) in [6, 6.07) is 29.6. The van der Waals surface area contributed by atoms with Gasteiger partial charge in [0.1, 0.15) is 36.1 Å². The van der Waals surface area contributed by atoms with Gasteiger partial charge in [0.2, 0.25) is 11.8 Å². The van der Waals surface area contributed by atoms with Crippen LogP contribution in [0.2, 0.25) is 5.02 Å². The standard InChI is InChI=1S/C32H24ClFN4O3/c33-28-18-26(13-14-29(28)40-20-23-8-4-9-24(34)16-23)37-30-19-32(36-21-35-30)41-27-11-5-10-25(17-27)38-31(39)15-12-22-6-2-1-3-7-22/h1-19,21H,20H2,(H,38,39)(H,35,36,37)/b15-12+. The van der Waals surface area contributed by atoms with E-state index >= 15 is 0 Å². The first-order valence-corrected chi connectivity index (χ1v) is 13.0. The van der Waals surface area contributed by atoms with Crippen molar-refractivity contribution in [3.63, 3.8) is 0 Å². The first kappa shape index (κ1) is 27.4. The Kier molecular flexibility index (Phi) is 8.83. The second-order valence-electron chi connectivity index (χ2n) is 8.79. The van der Waals surface area contributed by atoms with E-state index in [0.29, 0.717) is 45.2 Å². The molecule has 0 aliphatic carbocycles. The third kappa shape index (κ3) is 8.14. The number of nitrogens with zero attached hydrogens (tertiary/aromatic N) is 2. The number of halogens is 2. The summed E-state index contributed by atoms with van der Waals surface area (Å²) in [6.45, 7) is 0.187. The fraction of sp³-hybridized carbons (Fsp3) is 0.0312. The minimum absolute atomic E-state index is 0.187. The van der Waals surface area contributed by atoms with Crippen molar-refractivity contribution in [2.24, 2.45) is 0 Å². The minimum Gasteiger partial charge on any atom is -0.487 e. The van der Waals surface area contributed by atoms with Gasteiger partial charge in [-0.05, 0) is 59.7 Å². The predicted molar refractivity (Wildman–Crippen MR) is 158 cm³/mol. The maximum Gasteiger partial charge on any atom is 0.248 e. The summed E-state index contributed by atoms with van der Waals surface area (Å²) in [6.07, 6.45) is 4.59. The van der Waals surface area contributed by atoms with Gasteiger partial charge in [0.15, 0.2) is 0 Å². The van der Waals surface area contributed by atoms with Gasteiger partial charge in [-0.25, -0.2) is 14.4 Å². The van der Waals surface area contributed by atoms with Gasteiger partial charge in [-0.1, -0.05) is 60.1 Å². The lowest BCUT2D eigenvalue weighted by Crippen LogP contribution is -2.07. The summed E-state index contributed by atoms with van der Waals surface area (Å²) in [4.78, 5) is 20.7. The number of hydrogen-bond acceptors (Lipinski definition) is 6. The van der Waals surface area contributed by atoms with Crippen LogP contribution < -0.4 is 20.1 Å². The van der Waals surface area contributed by atoms with E-state index in [-0.39, 0.29) is 18.3 Å². The molecule has 204 valence electrons. The van der Waals surface area contributed by atoms with Crippen LogP contribution in [0.5, 0.6) is 17.4 Å². The first-order chi connectivity index (χ1) is 20.0. The Morgan fingerprint density at radius 1 is 0.878 bits per heavy atom. The van der Waals surface area contributed by atoms with E-state index in [9.17, 15) is 9.18 Å². The Hall–Kier alpha value is -5.21. The van der Waals surface area contributed by atoms with Crippen LogP contribution in [0.3, 0.4) is 0 Å². The molecule has 0 fully saturated rings. The average Bonchev–Trinajstić information content (AvgIpc) is 2.97. The fourth-order valence-electron chi connectivity index (χ4n) is 3.77. The molecule has 1 heterocycles. The summed E-state index contributed by atoms with van der Waals surface area (Å²) in [5.41, 5.74) is 2.88. The number of carbonyl (C=O) groups excluding carboxylic acids is 1. The monoisotopic (exact) mass is 566 g/mol. The average molecular weight is 567 g/mol. The van der Waals surface area contributed by atoms with Gasteiger partial charge in [-0.15, -0.1) is 0 Å². The maximum atomic E-state index is 13.4. The van der Waals surface area contributed by atoms with Crippen LogP contribution in [-0.2, 0) is 11.4 Å². The predicted octanol–water partition coefficient (Wildman–Crippen LogP) is 8.04. The number of anilines is 3. The second-order valence-corrected chi connectivity index (χ2v) is 9.20. The lowest BCUT2D eigenvalue weighted by Gasteiger charge is -2.12. The normalized spacial score (nSPS) is 10.8. The SMILES string of the molecule is O=C(/C=C/c1ccccc1)Nc1cccc(Oc2cc(Nc3ccc(OCc4cccc(F)c4)c(Cl)c3)ncn2)c1. The number of rotatable bonds is 10. The molecule has 2 N–H and O–H groups in total. The minimum atomic E-state index is -0.323. The maximum absolute atomic E-state index is 13.4. The van der Waals surface area contributed by atoms with E-state index in [1.54, 1.807) is 66.7 Å². The summed E-state index contributed by atoms with van der Waals surface area (Å²) in [5, 5.41) is 6.37. The zero-order valence-electron chi connectivity index (χ0n) is 21.6. The molecular weight excluding hydrogens is 543 g/mol. The molecule has 4 aromatic carbocycles. The van der Waals surface area contributed by atoms with Crippen LogP contribution >= 0.6 is 11.6 Å². The van der Waals surface area contributed by atoms with E-state index in [2.05, 4.69) is 20.6 Å². The topological polar surface area (TPSA) is 85.4 Å². The Morgan fingerprint density at radius 3 is 2.56 bits per heavy atom.